The molecule has 0 saturated carbocycles. The third-order valence-corrected chi connectivity index (χ3v) is 6.24. The maximum atomic E-state index is 3.37. The van der Waals surface area contributed by atoms with Crippen molar-refractivity contribution in [1.82, 2.24) is 14.7 Å². The molecule has 0 N–H and O–H groups in total. The van der Waals surface area contributed by atoms with E-state index in [4.69, 9.17) is 0 Å². The fourth-order valence-electron chi connectivity index (χ4n) is 4.58. The largest absolute Gasteiger partial charge is 0.368 e. The van der Waals surface area contributed by atoms with Crippen molar-refractivity contribution < 1.29 is 0 Å². The third-order valence-electron chi connectivity index (χ3n) is 6.24. The summed E-state index contributed by atoms with van der Waals surface area (Å²) in [7, 11) is 2.25. The number of anilines is 1. The summed E-state index contributed by atoms with van der Waals surface area (Å²) < 4.78 is 0. The Morgan fingerprint density at radius 3 is 2.40 bits per heavy atom. The molecule has 4 nitrogen and oxygen atoms in total. The number of rotatable bonds is 4. The minimum absolute atomic E-state index is 0.841. The van der Waals surface area contributed by atoms with E-state index in [-0.39, 0.29) is 0 Å². The Labute approximate surface area is 180 Å². The molecule has 0 radical (unpaired) electrons. The predicted molar refractivity (Wildman–Crippen MR) is 123 cm³/mol. The Morgan fingerprint density at radius 1 is 0.867 bits per heavy atom. The molecule has 1 saturated heterocycles. The lowest BCUT2D eigenvalue weighted by Crippen LogP contribution is -2.47. The molecule has 30 heavy (non-hydrogen) atoms. The van der Waals surface area contributed by atoms with Gasteiger partial charge in [-0.1, -0.05) is 42.2 Å². The summed E-state index contributed by atoms with van der Waals surface area (Å²) in [6.07, 6.45) is 1.14. The van der Waals surface area contributed by atoms with Crippen LogP contribution in [0.25, 0.3) is 0 Å². The number of hydrogen-bond donors (Lipinski definition) is 0. The summed E-state index contributed by atoms with van der Waals surface area (Å²) in [6.45, 7) is 8.48. The van der Waals surface area contributed by atoms with Gasteiger partial charge in [-0.15, -0.1) is 0 Å². The average Bonchev–Trinajstić information content (AvgIpc) is 3.60. The second kappa shape index (κ2) is 8.55. The third kappa shape index (κ3) is 4.53. The van der Waals surface area contributed by atoms with Crippen LogP contribution in [0.15, 0.2) is 65.9 Å². The van der Waals surface area contributed by atoms with Gasteiger partial charge in [0.1, 0.15) is 0 Å². The molecule has 0 aliphatic carbocycles. The second-order valence-corrected chi connectivity index (χ2v) is 8.66. The van der Waals surface area contributed by atoms with E-state index in [1.54, 1.807) is 11.3 Å². The van der Waals surface area contributed by atoms with E-state index in [0.29, 0.717) is 0 Å². The summed E-state index contributed by atoms with van der Waals surface area (Å²) in [4.78, 5) is 9.90. The first-order chi connectivity index (χ1) is 14.7. The van der Waals surface area contributed by atoms with E-state index >= 15 is 0 Å². The average molecular weight is 399 g/mol. The van der Waals surface area contributed by atoms with Gasteiger partial charge in [0.15, 0.2) is 0 Å². The van der Waals surface area contributed by atoms with Gasteiger partial charge in [-0.2, -0.15) is 0 Å². The topological polar surface area (TPSA) is 12.7 Å². The molecular formula is C26H30N4. The predicted octanol–water partition coefficient (Wildman–Crippen LogP) is 3.22. The molecule has 3 aliphatic heterocycles. The molecule has 4 heteroatoms. The fourth-order valence-corrected chi connectivity index (χ4v) is 4.58. The van der Waals surface area contributed by atoms with Gasteiger partial charge in [0.05, 0.1) is 13.2 Å². The van der Waals surface area contributed by atoms with Crippen LogP contribution in [0.1, 0.15) is 17.5 Å². The van der Waals surface area contributed by atoms with Gasteiger partial charge in [0.2, 0.25) is 0 Å². The zero-order valence-corrected chi connectivity index (χ0v) is 17.8. The molecule has 3 aliphatic rings. The van der Waals surface area contributed by atoms with Crippen LogP contribution in [0, 0.1) is 11.8 Å². The smallest absolute Gasteiger partial charge is 0.0706 e. The van der Waals surface area contributed by atoms with Crippen molar-refractivity contribution in [3.63, 3.8) is 0 Å². The first-order valence-corrected chi connectivity index (χ1v) is 11.0. The highest BCUT2D eigenvalue weighted by Crippen LogP contribution is 2.27. The van der Waals surface area contributed by atoms with Crippen molar-refractivity contribution in [2.75, 3.05) is 57.9 Å². The van der Waals surface area contributed by atoms with Crippen molar-refractivity contribution in [2.24, 2.45) is 0 Å². The Hall–Kier alpha value is -2.74. The zero-order chi connectivity index (χ0) is 20.3. The zero-order valence-electron chi connectivity index (χ0n) is 17.8. The van der Waals surface area contributed by atoms with Gasteiger partial charge in [-0.3, -0.25) is 9.80 Å². The highest BCUT2D eigenvalue weighted by Gasteiger charge is 2.27. The van der Waals surface area contributed by atoms with Crippen LogP contribution in [0.2, 0.25) is 0 Å². The minimum Gasteiger partial charge on any atom is -0.368 e. The molecule has 0 atom stereocenters. The Kier molecular flexibility index (Phi) is 5.48. The molecule has 1 fully saturated rings. The maximum Gasteiger partial charge on any atom is 0.0706 e. The summed E-state index contributed by atoms with van der Waals surface area (Å²) >= 11 is 0. The standard InChI is InChI=1S/C26H30N4/c1-27-21-29(18-23-9-11-25(12-10-23)30-16-17-30)20-24-19-28(15-13-26(24)27)14-5-8-22-6-3-2-4-7-22/h2-4,6-7,9-12H,13-21H2,1H3. The van der Waals surface area contributed by atoms with E-state index in [1.165, 1.54) is 24.3 Å². The normalized spacial score (nSPS) is 19.4. The maximum absolute atomic E-state index is 3.37. The monoisotopic (exact) mass is 398 g/mol. The van der Waals surface area contributed by atoms with E-state index in [2.05, 4.69) is 74.9 Å². The number of hydrogen-bond acceptors (Lipinski definition) is 4. The van der Waals surface area contributed by atoms with Crippen LogP contribution in [0.3, 0.4) is 0 Å². The van der Waals surface area contributed by atoms with Gasteiger partial charge in [0.25, 0.3) is 0 Å². The fraction of sp³-hybridized carbons (Fsp3) is 0.385. The molecule has 0 aromatic heterocycles. The number of benzene rings is 2. The van der Waals surface area contributed by atoms with E-state index in [1.807, 2.05) is 18.2 Å². The Balaban J connectivity index is 1.20. The van der Waals surface area contributed by atoms with Gasteiger partial charge in [-0.25, -0.2) is 0 Å². The lowest BCUT2D eigenvalue weighted by Gasteiger charge is -2.42. The van der Waals surface area contributed by atoms with Crippen LogP contribution in [-0.4, -0.2) is 67.7 Å². The van der Waals surface area contributed by atoms with Crippen molar-refractivity contribution in [3.8, 4) is 11.8 Å². The molecule has 154 valence electrons. The minimum atomic E-state index is 0.841. The van der Waals surface area contributed by atoms with Gasteiger partial charge >= 0.3 is 0 Å². The molecule has 5 rings (SSSR count). The molecule has 0 spiro atoms. The van der Waals surface area contributed by atoms with Crippen molar-refractivity contribution in [1.29, 1.82) is 0 Å². The first kappa shape index (κ1) is 19.2. The Bertz CT molecular complexity index is 964. The molecule has 0 unspecified atom stereocenters. The quantitative estimate of drug-likeness (QED) is 0.579. The van der Waals surface area contributed by atoms with Crippen molar-refractivity contribution in [2.45, 2.75) is 13.0 Å². The molecule has 2 aromatic rings. The summed E-state index contributed by atoms with van der Waals surface area (Å²) in [5.74, 6) is 6.67. The first-order valence-electron chi connectivity index (χ1n) is 11.0. The van der Waals surface area contributed by atoms with Crippen LogP contribution in [0.5, 0.6) is 0 Å². The molecule has 2 aromatic carbocycles. The highest BCUT2D eigenvalue weighted by atomic mass is 15.3. The van der Waals surface area contributed by atoms with E-state index in [0.717, 1.165) is 51.4 Å². The van der Waals surface area contributed by atoms with E-state index < -0.39 is 0 Å². The lowest BCUT2D eigenvalue weighted by molar-refractivity contribution is 0.137. The second-order valence-electron chi connectivity index (χ2n) is 8.66. The summed E-state index contributed by atoms with van der Waals surface area (Å²) in [6, 6.07) is 19.4. The Morgan fingerprint density at radius 2 is 1.63 bits per heavy atom. The van der Waals surface area contributed by atoms with Crippen LogP contribution < -0.4 is 4.90 Å². The highest BCUT2D eigenvalue weighted by molar-refractivity contribution is 5.52. The molecular weight excluding hydrogens is 368 g/mol. The van der Waals surface area contributed by atoms with E-state index in [9.17, 15) is 0 Å². The SMILES string of the molecule is CN1CN(Cc2ccc(N3CC3)cc2)CC2=C1CCN(CC#Cc1ccccc1)C2. The van der Waals surface area contributed by atoms with Gasteiger partial charge < -0.3 is 9.80 Å². The molecule has 0 amide bonds. The summed E-state index contributed by atoms with van der Waals surface area (Å²) in [5, 5.41) is 0. The van der Waals surface area contributed by atoms with Gasteiger partial charge in [-0.05, 0) is 35.4 Å². The summed E-state index contributed by atoms with van der Waals surface area (Å²) in [5.41, 5.74) is 6.98. The lowest BCUT2D eigenvalue weighted by atomic mass is 10.0. The molecule has 3 heterocycles. The van der Waals surface area contributed by atoms with Crippen LogP contribution in [-0.2, 0) is 6.54 Å². The molecule has 0 bridgehead atoms. The number of nitrogens with zero attached hydrogens (tertiary/aromatic N) is 4. The van der Waals surface area contributed by atoms with Crippen molar-refractivity contribution >= 4 is 5.69 Å². The van der Waals surface area contributed by atoms with Crippen LogP contribution in [0.4, 0.5) is 5.69 Å². The van der Waals surface area contributed by atoms with Crippen molar-refractivity contribution in [3.05, 3.63) is 77.0 Å². The van der Waals surface area contributed by atoms with Crippen LogP contribution >= 0.6 is 0 Å². The van der Waals surface area contributed by atoms with Gasteiger partial charge in [0, 0.05) is 69.7 Å².